The van der Waals surface area contributed by atoms with Crippen molar-refractivity contribution < 1.29 is 22.7 Å². The Hall–Kier alpha value is -2.87. The minimum absolute atomic E-state index is 0.230. The van der Waals surface area contributed by atoms with E-state index in [-0.39, 0.29) is 5.97 Å². The average molecular weight is 449 g/mol. The minimum Gasteiger partial charge on any atom is -0.469 e. The molecule has 0 amide bonds. The third-order valence-corrected chi connectivity index (χ3v) is 6.18. The summed E-state index contributed by atoms with van der Waals surface area (Å²) in [5.41, 5.74) is 3.96. The maximum Gasteiger partial charge on any atom is 0.416 e. The van der Waals surface area contributed by atoms with E-state index in [0.29, 0.717) is 30.0 Å². The van der Waals surface area contributed by atoms with Gasteiger partial charge in [0.05, 0.1) is 24.9 Å². The van der Waals surface area contributed by atoms with Gasteiger partial charge in [-0.25, -0.2) is 4.98 Å². The van der Waals surface area contributed by atoms with Crippen molar-refractivity contribution in [2.45, 2.75) is 39.4 Å². The highest BCUT2D eigenvalue weighted by molar-refractivity contribution is 7.15. The third-order valence-electron chi connectivity index (χ3n) is 4.97. The molecule has 0 bridgehead atoms. The van der Waals surface area contributed by atoms with Gasteiger partial charge in [-0.05, 0) is 55.7 Å². The number of carbonyl (C=O) groups excluding carboxylic acids is 1. The quantitative estimate of drug-likeness (QED) is 0.440. The van der Waals surface area contributed by atoms with Crippen molar-refractivity contribution in [3.05, 3.63) is 69.7 Å². The number of rotatable bonds is 7. The molecule has 31 heavy (non-hydrogen) atoms. The number of hydrogen-bond donors (Lipinski definition) is 1. The van der Waals surface area contributed by atoms with Gasteiger partial charge in [-0.3, -0.25) is 4.79 Å². The number of alkyl halides is 3. The number of halogens is 3. The molecule has 0 atom stereocenters. The normalized spacial score (nSPS) is 11.4. The first-order valence-electron chi connectivity index (χ1n) is 9.71. The highest BCUT2D eigenvalue weighted by Crippen LogP contribution is 2.33. The first kappa shape index (κ1) is 22.8. The summed E-state index contributed by atoms with van der Waals surface area (Å²) in [4.78, 5) is 16.9. The maximum atomic E-state index is 12.8. The number of esters is 1. The van der Waals surface area contributed by atoms with Crippen LogP contribution in [0.3, 0.4) is 0 Å². The van der Waals surface area contributed by atoms with Crippen LogP contribution in [0.15, 0.2) is 42.5 Å². The molecular weight excluding hydrogens is 425 g/mol. The number of aryl methyl sites for hydroxylation is 3. The number of nitrogens with zero attached hydrogens (tertiary/aromatic N) is 1. The lowest BCUT2D eigenvalue weighted by atomic mass is 10.0. The van der Waals surface area contributed by atoms with Crippen molar-refractivity contribution in [3.8, 4) is 10.6 Å². The molecule has 0 saturated heterocycles. The summed E-state index contributed by atoms with van der Waals surface area (Å²) in [5, 5.41) is 4.06. The first-order chi connectivity index (χ1) is 14.7. The maximum absolute atomic E-state index is 12.8. The fourth-order valence-corrected chi connectivity index (χ4v) is 4.13. The molecular formula is C23H23F3N2O2S. The highest BCUT2D eigenvalue weighted by Gasteiger charge is 2.30. The van der Waals surface area contributed by atoms with Gasteiger partial charge < -0.3 is 10.1 Å². The number of nitrogens with one attached hydrogen (secondary N) is 1. The Kier molecular flexibility index (Phi) is 7.00. The molecule has 1 aromatic heterocycles. The van der Waals surface area contributed by atoms with Crippen LogP contribution in [0, 0.1) is 13.8 Å². The third kappa shape index (κ3) is 5.85. The molecule has 4 nitrogen and oxygen atoms in total. The average Bonchev–Trinajstić information content (AvgIpc) is 3.11. The van der Waals surface area contributed by atoms with E-state index in [1.54, 1.807) is 0 Å². The number of thiazole rings is 1. The van der Waals surface area contributed by atoms with E-state index in [4.69, 9.17) is 0 Å². The lowest BCUT2D eigenvalue weighted by Crippen LogP contribution is -2.04. The Labute approximate surface area is 183 Å². The van der Waals surface area contributed by atoms with Gasteiger partial charge >= 0.3 is 12.1 Å². The second-order valence-corrected chi connectivity index (χ2v) is 8.26. The van der Waals surface area contributed by atoms with Gasteiger partial charge in [0.25, 0.3) is 0 Å². The molecule has 0 aliphatic heterocycles. The second-order valence-electron chi connectivity index (χ2n) is 7.17. The molecule has 3 rings (SSSR count). The fraction of sp³-hybridized carbons (Fsp3) is 0.304. The number of benzene rings is 2. The molecule has 8 heteroatoms. The van der Waals surface area contributed by atoms with Crippen LogP contribution in [-0.2, 0) is 28.7 Å². The highest BCUT2D eigenvalue weighted by atomic mass is 32.1. The van der Waals surface area contributed by atoms with Crippen molar-refractivity contribution in [2.75, 3.05) is 12.4 Å². The van der Waals surface area contributed by atoms with Crippen LogP contribution in [0.5, 0.6) is 0 Å². The van der Waals surface area contributed by atoms with Crippen molar-refractivity contribution in [1.82, 2.24) is 4.98 Å². The Morgan fingerprint density at radius 2 is 1.84 bits per heavy atom. The molecule has 0 saturated carbocycles. The summed E-state index contributed by atoms with van der Waals surface area (Å²) < 4.78 is 43.0. The van der Waals surface area contributed by atoms with Crippen LogP contribution in [-0.4, -0.2) is 18.1 Å². The van der Waals surface area contributed by atoms with Crippen molar-refractivity contribution >= 4 is 23.0 Å². The molecule has 3 aromatic rings. The SMILES string of the molecule is COC(=O)CCc1ccc(NCc2sc(-c3ccc(C(F)(F)F)cc3)nc2C)cc1C. The number of ether oxygens (including phenoxy) is 1. The zero-order chi connectivity index (χ0) is 22.6. The van der Waals surface area contributed by atoms with Gasteiger partial charge in [0, 0.05) is 22.5 Å². The Morgan fingerprint density at radius 1 is 1.13 bits per heavy atom. The summed E-state index contributed by atoms with van der Waals surface area (Å²) >= 11 is 1.46. The number of hydrogen-bond acceptors (Lipinski definition) is 5. The monoisotopic (exact) mass is 448 g/mol. The molecule has 1 heterocycles. The summed E-state index contributed by atoms with van der Waals surface area (Å²) in [6.45, 7) is 4.45. The standard InChI is InChI=1S/C23H23F3N2O2S/c1-14-12-19(10-6-16(14)7-11-21(29)30-3)27-13-20-15(2)28-22(31-20)17-4-8-18(9-5-17)23(24,25)26/h4-6,8-10,12,27H,7,11,13H2,1-3H3. The summed E-state index contributed by atoms with van der Waals surface area (Å²) in [5.74, 6) is -0.230. The number of anilines is 1. The van der Waals surface area contributed by atoms with E-state index in [0.717, 1.165) is 39.5 Å². The zero-order valence-corrected chi connectivity index (χ0v) is 18.3. The van der Waals surface area contributed by atoms with E-state index in [2.05, 4.69) is 15.0 Å². The number of carbonyl (C=O) groups is 1. The molecule has 0 unspecified atom stereocenters. The van der Waals surface area contributed by atoms with Crippen molar-refractivity contribution in [1.29, 1.82) is 0 Å². The predicted octanol–water partition coefficient (Wildman–Crippen LogP) is 6.16. The van der Waals surface area contributed by atoms with Gasteiger partial charge in [0.15, 0.2) is 0 Å². The number of methoxy groups -OCH3 is 1. The van der Waals surface area contributed by atoms with Gasteiger partial charge in [-0.15, -0.1) is 11.3 Å². The van der Waals surface area contributed by atoms with Gasteiger partial charge in [0.1, 0.15) is 5.01 Å². The van der Waals surface area contributed by atoms with E-state index in [9.17, 15) is 18.0 Å². The van der Waals surface area contributed by atoms with E-state index < -0.39 is 11.7 Å². The van der Waals surface area contributed by atoms with Crippen LogP contribution in [0.1, 0.15) is 33.7 Å². The topological polar surface area (TPSA) is 51.2 Å². The van der Waals surface area contributed by atoms with Crippen LogP contribution in [0.2, 0.25) is 0 Å². The Morgan fingerprint density at radius 3 is 2.45 bits per heavy atom. The zero-order valence-electron chi connectivity index (χ0n) is 17.5. The first-order valence-corrected chi connectivity index (χ1v) is 10.5. The van der Waals surface area contributed by atoms with Gasteiger partial charge in [-0.1, -0.05) is 18.2 Å². The summed E-state index contributed by atoms with van der Waals surface area (Å²) in [7, 11) is 1.38. The molecule has 0 fully saturated rings. The molecule has 1 N–H and O–H groups in total. The smallest absolute Gasteiger partial charge is 0.416 e. The Bertz CT molecular complexity index is 1060. The van der Waals surface area contributed by atoms with Crippen LogP contribution < -0.4 is 5.32 Å². The van der Waals surface area contributed by atoms with E-state index >= 15 is 0 Å². The second kappa shape index (κ2) is 9.51. The molecule has 0 aliphatic carbocycles. The molecule has 0 spiro atoms. The van der Waals surface area contributed by atoms with Gasteiger partial charge in [0.2, 0.25) is 0 Å². The predicted molar refractivity (Wildman–Crippen MR) is 116 cm³/mol. The fourth-order valence-electron chi connectivity index (χ4n) is 3.12. The molecule has 2 aromatic carbocycles. The van der Waals surface area contributed by atoms with Crippen molar-refractivity contribution in [3.63, 3.8) is 0 Å². The lowest BCUT2D eigenvalue weighted by Gasteiger charge is -2.10. The largest absolute Gasteiger partial charge is 0.469 e. The van der Waals surface area contributed by atoms with Crippen LogP contribution in [0.4, 0.5) is 18.9 Å². The number of aromatic nitrogens is 1. The minimum atomic E-state index is -4.35. The van der Waals surface area contributed by atoms with E-state index in [1.807, 2.05) is 32.0 Å². The van der Waals surface area contributed by atoms with Crippen LogP contribution >= 0.6 is 11.3 Å². The molecule has 164 valence electrons. The summed E-state index contributed by atoms with van der Waals surface area (Å²) in [6.07, 6.45) is -3.38. The summed E-state index contributed by atoms with van der Waals surface area (Å²) in [6, 6.07) is 11.0. The molecule has 0 radical (unpaired) electrons. The Balaban J connectivity index is 1.66. The molecule has 0 aliphatic rings. The lowest BCUT2D eigenvalue weighted by molar-refractivity contribution is -0.140. The van der Waals surface area contributed by atoms with Gasteiger partial charge in [-0.2, -0.15) is 13.2 Å². The van der Waals surface area contributed by atoms with E-state index in [1.165, 1.54) is 30.6 Å². The van der Waals surface area contributed by atoms with Crippen molar-refractivity contribution in [2.24, 2.45) is 0 Å². The van der Waals surface area contributed by atoms with Crippen LogP contribution in [0.25, 0.3) is 10.6 Å².